The van der Waals surface area contributed by atoms with Gasteiger partial charge in [0.05, 0.1) is 13.5 Å². The Bertz CT molecular complexity index is 406. The number of aryl methyl sites for hydroxylation is 1. The summed E-state index contributed by atoms with van der Waals surface area (Å²) in [7, 11) is 1.43. The maximum absolute atomic E-state index is 11.1. The van der Waals surface area contributed by atoms with Crippen molar-refractivity contribution in [3.8, 4) is 0 Å². The molecular formula is C13H18ClNO2. The molecule has 0 bridgehead atoms. The summed E-state index contributed by atoms with van der Waals surface area (Å²) in [5.41, 5.74) is 3.93. The number of halogens is 1. The number of benzene rings is 1. The average molecular weight is 256 g/mol. The highest BCUT2D eigenvalue weighted by atomic mass is 35.5. The molecule has 4 heteroatoms. The fraction of sp³-hybridized carbons (Fsp3) is 0.462. The zero-order chi connectivity index (χ0) is 11.5. The van der Waals surface area contributed by atoms with Crippen molar-refractivity contribution < 1.29 is 9.53 Å². The highest BCUT2D eigenvalue weighted by Gasteiger charge is 2.19. The van der Waals surface area contributed by atoms with Crippen LogP contribution in [0.1, 0.15) is 17.5 Å². The first-order chi connectivity index (χ1) is 7.70. The number of anilines is 1. The molecule has 0 aromatic heterocycles. The summed E-state index contributed by atoms with van der Waals surface area (Å²) in [6, 6.07) is 6.52. The number of carbonyl (C=O) groups excluding carboxylic acids is 1. The zero-order valence-electron chi connectivity index (χ0n) is 10.2. The van der Waals surface area contributed by atoms with Crippen molar-refractivity contribution in [2.24, 2.45) is 0 Å². The molecule has 1 aliphatic heterocycles. The fourth-order valence-corrected chi connectivity index (χ4v) is 2.12. The molecule has 0 aliphatic carbocycles. The van der Waals surface area contributed by atoms with Crippen LogP contribution in [0.4, 0.5) is 5.69 Å². The van der Waals surface area contributed by atoms with Gasteiger partial charge in [0.25, 0.3) is 0 Å². The highest BCUT2D eigenvalue weighted by Crippen LogP contribution is 2.28. The molecular weight excluding hydrogens is 238 g/mol. The number of rotatable bonds is 3. The summed E-state index contributed by atoms with van der Waals surface area (Å²) in [6.45, 7) is 3.86. The number of fused-ring (bicyclic) bond motifs is 1. The van der Waals surface area contributed by atoms with Gasteiger partial charge in [0, 0.05) is 18.8 Å². The van der Waals surface area contributed by atoms with Crippen molar-refractivity contribution in [1.29, 1.82) is 0 Å². The molecule has 0 N–H and O–H groups in total. The minimum atomic E-state index is -0.138. The normalized spacial score (nSPS) is 12.9. The molecule has 94 valence electrons. The summed E-state index contributed by atoms with van der Waals surface area (Å²) >= 11 is 0. The molecule has 0 atom stereocenters. The van der Waals surface area contributed by atoms with Crippen molar-refractivity contribution in [2.45, 2.75) is 19.8 Å². The van der Waals surface area contributed by atoms with Crippen LogP contribution in [0.25, 0.3) is 0 Å². The average Bonchev–Trinajstić information content (AvgIpc) is 2.68. The number of carbonyl (C=O) groups is 1. The second-order valence-corrected chi connectivity index (χ2v) is 4.20. The SMILES string of the molecule is COC(=O)CCN1CCc2ccc(C)cc21.Cl. The Balaban J connectivity index is 0.00000144. The maximum Gasteiger partial charge on any atom is 0.307 e. The minimum absolute atomic E-state index is 0. The molecule has 1 aromatic carbocycles. The summed E-state index contributed by atoms with van der Waals surface area (Å²) in [5.74, 6) is -0.138. The van der Waals surface area contributed by atoms with Crippen molar-refractivity contribution in [3.63, 3.8) is 0 Å². The van der Waals surface area contributed by atoms with Gasteiger partial charge >= 0.3 is 5.97 Å². The van der Waals surface area contributed by atoms with Gasteiger partial charge in [-0.25, -0.2) is 0 Å². The number of methoxy groups -OCH3 is 1. The van der Waals surface area contributed by atoms with Gasteiger partial charge in [-0.3, -0.25) is 4.79 Å². The predicted octanol–water partition coefficient (Wildman–Crippen LogP) is 2.34. The van der Waals surface area contributed by atoms with Crippen molar-refractivity contribution >= 4 is 24.1 Å². The maximum atomic E-state index is 11.1. The van der Waals surface area contributed by atoms with Crippen molar-refractivity contribution in [3.05, 3.63) is 29.3 Å². The largest absolute Gasteiger partial charge is 0.469 e. The van der Waals surface area contributed by atoms with E-state index in [1.54, 1.807) is 0 Å². The van der Waals surface area contributed by atoms with Gasteiger partial charge in [-0.2, -0.15) is 0 Å². The Labute approximate surface area is 108 Å². The van der Waals surface area contributed by atoms with E-state index in [1.165, 1.54) is 23.9 Å². The quantitative estimate of drug-likeness (QED) is 0.777. The molecule has 0 fully saturated rings. The first kappa shape index (κ1) is 13.8. The lowest BCUT2D eigenvalue weighted by Crippen LogP contribution is -2.24. The van der Waals surface area contributed by atoms with Crippen LogP contribution in [0.15, 0.2) is 18.2 Å². The Hall–Kier alpha value is -1.22. The Morgan fingerprint density at radius 1 is 1.47 bits per heavy atom. The predicted molar refractivity (Wildman–Crippen MR) is 71.0 cm³/mol. The summed E-state index contributed by atoms with van der Waals surface area (Å²) in [4.78, 5) is 13.4. The van der Waals surface area contributed by atoms with Crippen LogP contribution in [-0.4, -0.2) is 26.2 Å². The van der Waals surface area contributed by atoms with E-state index in [1.807, 2.05) is 0 Å². The van der Waals surface area contributed by atoms with Crippen LogP contribution in [-0.2, 0) is 16.0 Å². The molecule has 0 radical (unpaired) electrons. The third-order valence-electron chi connectivity index (χ3n) is 3.05. The van der Waals surface area contributed by atoms with E-state index in [0.29, 0.717) is 6.42 Å². The Kier molecular flexibility index (Phi) is 4.82. The second-order valence-electron chi connectivity index (χ2n) is 4.20. The lowest BCUT2D eigenvalue weighted by atomic mass is 10.1. The van der Waals surface area contributed by atoms with Crippen molar-refractivity contribution in [2.75, 3.05) is 25.1 Å². The molecule has 3 nitrogen and oxygen atoms in total. The van der Waals surface area contributed by atoms with Crippen LogP contribution in [0.5, 0.6) is 0 Å². The first-order valence-corrected chi connectivity index (χ1v) is 5.62. The number of hydrogen-bond donors (Lipinski definition) is 0. The number of ether oxygens (including phenoxy) is 1. The van der Waals surface area contributed by atoms with Gasteiger partial charge in [0.1, 0.15) is 0 Å². The second kappa shape index (κ2) is 5.92. The third-order valence-corrected chi connectivity index (χ3v) is 3.05. The highest BCUT2D eigenvalue weighted by molar-refractivity contribution is 5.85. The molecule has 0 unspecified atom stereocenters. The van der Waals surface area contributed by atoms with E-state index in [9.17, 15) is 4.79 Å². The van der Waals surface area contributed by atoms with Gasteiger partial charge in [0.15, 0.2) is 0 Å². The lowest BCUT2D eigenvalue weighted by molar-refractivity contribution is -0.140. The molecule has 1 aromatic rings. The number of hydrogen-bond acceptors (Lipinski definition) is 3. The lowest BCUT2D eigenvalue weighted by Gasteiger charge is -2.18. The molecule has 1 heterocycles. The van der Waals surface area contributed by atoms with E-state index >= 15 is 0 Å². The zero-order valence-corrected chi connectivity index (χ0v) is 11.0. The molecule has 17 heavy (non-hydrogen) atoms. The van der Waals surface area contributed by atoms with E-state index in [2.05, 4.69) is 34.8 Å². The summed E-state index contributed by atoms with van der Waals surface area (Å²) in [5, 5.41) is 0. The van der Waals surface area contributed by atoms with Gasteiger partial charge in [-0.15, -0.1) is 12.4 Å². The smallest absolute Gasteiger partial charge is 0.307 e. The first-order valence-electron chi connectivity index (χ1n) is 5.62. The summed E-state index contributed by atoms with van der Waals surface area (Å²) in [6.07, 6.45) is 1.54. The molecule has 0 amide bonds. The Morgan fingerprint density at radius 2 is 2.24 bits per heavy atom. The van der Waals surface area contributed by atoms with E-state index < -0.39 is 0 Å². The van der Waals surface area contributed by atoms with E-state index in [4.69, 9.17) is 0 Å². The van der Waals surface area contributed by atoms with Crippen molar-refractivity contribution in [1.82, 2.24) is 0 Å². The van der Waals surface area contributed by atoms with Crippen LogP contribution >= 0.6 is 12.4 Å². The Morgan fingerprint density at radius 3 is 2.94 bits per heavy atom. The number of nitrogens with zero attached hydrogens (tertiary/aromatic N) is 1. The molecule has 2 rings (SSSR count). The van der Waals surface area contributed by atoms with Gasteiger partial charge in [0.2, 0.25) is 0 Å². The standard InChI is InChI=1S/C13H17NO2.ClH/c1-10-3-4-11-5-7-14(12(11)9-10)8-6-13(15)16-2;/h3-4,9H,5-8H2,1-2H3;1H. The molecule has 0 saturated carbocycles. The van der Waals surface area contributed by atoms with Crippen LogP contribution < -0.4 is 4.90 Å². The van der Waals surface area contributed by atoms with Gasteiger partial charge in [-0.05, 0) is 30.5 Å². The summed E-state index contributed by atoms with van der Waals surface area (Å²) < 4.78 is 4.66. The third kappa shape index (κ3) is 3.13. The van der Waals surface area contributed by atoms with E-state index in [-0.39, 0.29) is 18.4 Å². The van der Waals surface area contributed by atoms with Crippen LogP contribution in [0, 0.1) is 6.92 Å². The fourth-order valence-electron chi connectivity index (χ4n) is 2.12. The molecule has 0 spiro atoms. The van der Waals surface area contributed by atoms with Gasteiger partial charge < -0.3 is 9.64 Å². The molecule has 0 saturated heterocycles. The minimum Gasteiger partial charge on any atom is -0.469 e. The topological polar surface area (TPSA) is 29.5 Å². The van der Waals surface area contributed by atoms with Gasteiger partial charge in [-0.1, -0.05) is 12.1 Å². The molecule has 1 aliphatic rings. The van der Waals surface area contributed by atoms with Crippen LogP contribution in [0.3, 0.4) is 0 Å². The van der Waals surface area contributed by atoms with E-state index in [0.717, 1.165) is 19.5 Å². The van der Waals surface area contributed by atoms with Crippen LogP contribution in [0.2, 0.25) is 0 Å². The number of esters is 1. The monoisotopic (exact) mass is 255 g/mol.